The molecule has 2 N–H and O–H groups in total. The number of anilines is 1. The molecule has 1 aromatic carbocycles. The van der Waals surface area contributed by atoms with Gasteiger partial charge in [-0.15, -0.1) is 0 Å². The van der Waals surface area contributed by atoms with E-state index in [0.717, 1.165) is 5.56 Å². The van der Waals surface area contributed by atoms with Gasteiger partial charge in [-0.1, -0.05) is 6.07 Å². The molecule has 7 heteroatoms. The van der Waals surface area contributed by atoms with Gasteiger partial charge in [0.1, 0.15) is 0 Å². The highest BCUT2D eigenvalue weighted by Gasteiger charge is 2.05. The summed E-state index contributed by atoms with van der Waals surface area (Å²) in [5.41, 5.74) is 1.69. The molecule has 0 saturated heterocycles. The summed E-state index contributed by atoms with van der Waals surface area (Å²) >= 11 is 0. The van der Waals surface area contributed by atoms with Crippen molar-refractivity contribution in [2.24, 2.45) is 0 Å². The van der Waals surface area contributed by atoms with Gasteiger partial charge in [0, 0.05) is 36.1 Å². The molecule has 1 aromatic heterocycles. The van der Waals surface area contributed by atoms with Gasteiger partial charge in [-0.25, -0.2) is 0 Å². The average molecular weight is 262 g/mol. The minimum atomic E-state index is -0.426. The molecule has 100 valence electrons. The Kier molecular flexibility index (Phi) is 4.09. The van der Waals surface area contributed by atoms with Crippen LogP contribution in [0.25, 0.3) is 0 Å². The van der Waals surface area contributed by atoms with Crippen molar-refractivity contribution in [1.29, 1.82) is 0 Å². The number of hydrogen-bond acceptors (Lipinski definition) is 5. The van der Waals surface area contributed by atoms with Gasteiger partial charge in [0.25, 0.3) is 5.69 Å². The topological polar surface area (TPSA) is 93.2 Å². The zero-order valence-electron chi connectivity index (χ0n) is 10.2. The van der Waals surface area contributed by atoms with E-state index < -0.39 is 4.92 Å². The standard InChI is InChI=1S/C12H14N4O3/c17-5-4-15-9-10(8-14-15)7-13-11-2-1-3-12(6-11)16(18)19/h1-3,6,8-9,13,17H,4-5,7H2. The quantitative estimate of drug-likeness (QED) is 0.606. The van der Waals surface area contributed by atoms with Crippen molar-refractivity contribution >= 4 is 11.4 Å². The lowest BCUT2D eigenvalue weighted by atomic mass is 10.2. The second-order valence-corrected chi connectivity index (χ2v) is 4.00. The Bertz CT molecular complexity index is 568. The maximum absolute atomic E-state index is 10.6. The molecule has 19 heavy (non-hydrogen) atoms. The average Bonchev–Trinajstić information content (AvgIpc) is 2.85. The van der Waals surface area contributed by atoms with E-state index in [1.807, 2.05) is 6.20 Å². The monoisotopic (exact) mass is 262 g/mol. The summed E-state index contributed by atoms with van der Waals surface area (Å²) in [5.74, 6) is 0. The third-order valence-electron chi connectivity index (χ3n) is 2.57. The number of non-ortho nitro benzene ring substituents is 1. The number of benzene rings is 1. The highest BCUT2D eigenvalue weighted by molar-refractivity contribution is 5.51. The minimum absolute atomic E-state index is 0.0411. The van der Waals surface area contributed by atoms with Crippen molar-refractivity contribution in [2.75, 3.05) is 11.9 Å². The molecule has 0 aliphatic heterocycles. The molecule has 0 aliphatic carbocycles. The number of aliphatic hydroxyl groups is 1. The van der Waals surface area contributed by atoms with Crippen molar-refractivity contribution in [2.45, 2.75) is 13.1 Å². The Morgan fingerprint density at radius 1 is 1.47 bits per heavy atom. The summed E-state index contributed by atoms with van der Waals surface area (Å²) in [6, 6.07) is 6.34. The fraction of sp³-hybridized carbons (Fsp3) is 0.250. The Hall–Kier alpha value is -2.41. The number of aliphatic hydroxyl groups excluding tert-OH is 1. The van der Waals surface area contributed by atoms with E-state index in [1.165, 1.54) is 12.1 Å². The number of hydrogen-bond donors (Lipinski definition) is 2. The first-order valence-corrected chi connectivity index (χ1v) is 5.79. The Morgan fingerprint density at radius 3 is 3.05 bits per heavy atom. The highest BCUT2D eigenvalue weighted by atomic mass is 16.6. The minimum Gasteiger partial charge on any atom is -0.394 e. The first-order chi connectivity index (χ1) is 9.19. The smallest absolute Gasteiger partial charge is 0.271 e. The van der Waals surface area contributed by atoms with Crippen LogP contribution in [0.4, 0.5) is 11.4 Å². The van der Waals surface area contributed by atoms with Crippen LogP contribution in [0.2, 0.25) is 0 Å². The van der Waals surface area contributed by atoms with Crippen LogP contribution >= 0.6 is 0 Å². The summed E-state index contributed by atoms with van der Waals surface area (Å²) in [6.07, 6.45) is 3.51. The predicted octanol–water partition coefficient (Wildman–Crippen LogP) is 1.40. The Labute approximate surface area is 109 Å². The van der Waals surface area contributed by atoms with Crippen molar-refractivity contribution in [1.82, 2.24) is 9.78 Å². The van der Waals surface area contributed by atoms with E-state index in [1.54, 1.807) is 23.0 Å². The number of nitro groups is 1. The summed E-state index contributed by atoms with van der Waals surface area (Å²) in [7, 11) is 0. The molecule has 0 amide bonds. The van der Waals surface area contributed by atoms with Crippen LogP contribution in [0.15, 0.2) is 36.7 Å². The van der Waals surface area contributed by atoms with Crippen molar-refractivity contribution < 1.29 is 10.0 Å². The lowest BCUT2D eigenvalue weighted by molar-refractivity contribution is -0.384. The maximum atomic E-state index is 10.6. The lowest BCUT2D eigenvalue weighted by Crippen LogP contribution is -2.02. The zero-order valence-corrected chi connectivity index (χ0v) is 10.2. The molecule has 2 aromatic rings. The molecule has 2 rings (SSSR count). The number of rotatable bonds is 6. The fourth-order valence-electron chi connectivity index (χ4n) is 1.66. The third kappa shape index (κ3) is 3.52. The number of nitro benzene ring substituents is 1. The van der Waals surface area contributed by atoms with E-state index in [9.17, 15) is 10.1 Å². The molecule has 0 bridgehead atoms. The molecule has 0 spiro atoms. The SMILES string of the molecule is O=[N+]([O-])c1cccc(NCc2cnn(CCO)c2)c1. The lowest BCUT2D eigenvalue weighted by Gasteiger charge is -2.04. The van der Waals surface area contributed by atoms with Crippen molar-refractivity contribution in [3.05, 3.63) is 52.3 Å². The van der Waals surface area contributed by atoms with Gasteiger partial charge in [0.2, 0.25) is 0 Å². The summed E-state index contributed by atoms with van der Waals surface area (Å²) in [5, 5.41) is 26.6. The molecule has 0 unspecified atom stereocenters. The van der Waals surface area contributed by atoms with E-state index >= 15 is 0 Å². The van der Waals surface area contributed by atoms with Crippen LogP contribution in [0.3, 0.4) is 0 Å². The molecule has 0 fully saturated rings. The second-order valence-electron chi connectivity index (χ2n) is 4.00. The summed E-state index contributed by atoms with van der Waals surface area (Å²) < 4.78 is 1.64. The van der Waals surface area contributed by atoms with Crippen LogP contribution in [0, 0.1) is 10.1 Å². The van der Waals surface area contributed by atoms with Crippen molar-refractivity contribution in [3.63, 3.8) is 0 Å². The van der Waals surface area contributed by atoms with E-state index in [0.29, 0.717) is 18.8 Å². The number of nitrogens with zero attached hydrogens (tertiary/aromatic N) is 3. The number of aromatic nitrogens is 2. The fourth-order valence-corrected chi connectivity index (χ4v) is 1.66. The van der Waals surface area contributed by atoms with E-state index in [-0.39, 0.29) is 12.3 Å². The van der Waals surface area contributed by atoms with Gasteiger partial charge in [-0.05, 0) is 6.07 Å². The van der Waals surface area contributed by atoms with Crippen LogP contribution in [-0.4, -0.2) is 26.4 Å². The predicted molar refractivity (Wildman–Crippen MR) is 69.7 cm³/mol. The molecular formula is C12H14N4O3. The number of nitrogens with one attached hydrogen (secondary N) is 1. The molecule has 0 atom stereocenters. The molecule has 7 nitrogen and oxygen atoms in total. The second kappa shape index (κ2) is 5.96. The molecular weight excluding hydrogens is 248 g/mol. The molecule has 1 heterocycles. The van der Waals surface area contributed by atoms with Gasteiger partial charge in [0.05, 0.1) is 24.3 Å². The zero-order chi connectivity index (χ0) is 13.7. The molecule has 0 aliphatic rings. The van der Waals surface area contributed by atoms with Gasteiger partial charge < -0.3 is 10.4 Å². The molecule has 0 radical (unpaired) electrons. The van der Waals surface area contributed by atoms with E-state index in [2.05, 4.69) is 10.4 Å². The van der Waals surface area contributed by atoms with Crippen LogP contribution in [0.5, 0.6) is 0 Å². The van der Waals surface area contributed by atoms with Crippen LogP contribution in [-0.2, 0) is 13.1 Å². The first kappa shape index (κ1) is 13.0. The van der Waals surface area contributed by atoms with Crippen molar-refractivity contribution in [3.8, 4) is 0 Å². The first-order valence-electron chi connectivity index (χ1n) is 5.79. The summed E-state index contributed by atoms with van der Waals surface area (Å²) in [4.78, 5) is 10.2. The van der Waals surface area contributed by atoms with Gasteiger partial charge in [-0.2, -0.15) is 5.10 Å². The highest BCUT2D eigenvalue weighted by Crippen LogP contribution is 2.17. The summed E-state index contributed by atoms with van der Waals surface area (Å²) in [6.45, 7) is 1.02. The normalized spacial score (nSPS) is 10.4. The third-order valence-corrected chi connectivity index (χ3v) is 2.57. The van der Waals surface area contributed by atoms with Crippen LogP contribution in [0.1, 0.15) is 5.56 Å². The van der Waals surface area contributed by atoms with Crippen LogP contribution < -0.4 is 5.32 Å². The Balaban J connectivity index is 1.97. The maximum Gasteiger partial charge on any atom is 0.271 e. The largest absolute Gasteiger partial charge is 0.394 e. The van der Waals surface area contributed by atoms with E-state index in [4.69, 9.17) is 5.11 Å². The van der Waals surface area contributed by atoms with Gasteiger partial charge in [0.15, 0.2) is 0 Å². The van der Waals surface area contributed by atoms with Gasteiger partial charge in [-0.3, -0.25) is 14.8 Å². The Morgan fingerprint density at radius 2 is 2.32 bits per heavy atom. The van der Waals surface area contributed by atoms with Gasteiger partial charge >= 0.3 is 0 Å². The molecule has 0 saturated carbocycles.